The minimum Gasteiger partial charge on any atom is -0.459 e. The summed E-state index contributed by atoms with van der Waals surface area (Å²) >= 11 is 0. The van der Waals surface area contributed by atoms with Gasteiger partial charge in [0.25, 0.3) is 11.8 Å². The van der Waals surface area contributed by atoms with Gasteiger partial charge in [-0.05, 0) is 31.2 Å². The van der Waals surface area contributed by atoms with Crippen LogP contribution in [-0.2, 0) is 14.3 Å². The molecule has 2 amide bonds. The van der Waals surface area contributed by atoms with E-state index in [0.29, 0.717) is 6.07 Å². The highest BCUT2D eigenvalue weighted by Crippen LogP contribution is 2.19. The van der Waals surface area contributed by atoms with E-state index in [0.717, 1.165) is 6.07 Å². The molecule has 0 unspecified atom stereocenters. The van der Waals surface area contributed by atoms with Crippen molar-refractivity contribution in [3.05, 3.63) is 53.7 Å². The van der Waals surface area contributed by atoms with Crippen LogP contribution in [0.25, 0.3) is 0 Å². The third kappa shape index (κ3) is 4.62. The van der Waals surface area contributed by atoms with Crippen molar-refractivity contribution in [3.8, 4) is 0 Å². The normalized spacial score (nSPS) is 11.5. The van der Waals surface area contributed by atoms with Gasteiger partial charge in [-0.3, -0.25) is 9.59 Å². The number of hydrogen-bond donors (Lipinski definition) is 2. The summed E-state index contributed by atoms with van der Waals surface area (Å²) in [6.07, 6.45) is 1.28. The highest BCUT2D eigenvalue weighted by Gasteiger charge is 2.21. The fourth-order valence-electron chi connectivity index (χ4n) is 1.80. The van der Waals surface area contributed by atoms with Gasteiger partial charge >= 0.3 is 5.97 Å². The van der Waals surface area contributed by atoms with Gasteiger partial charge in [0.05, 0.1) is 12.0 Å². The molecule has 0 saturated heterocycles. The zero-order chi connectivity index (χ0) is 19.3. The Kier molecular flexibility index (Phi) is 5.99. The zero-order valence-electron chi connectivity index (χ0n) is 13.3. The number of rotatable bonds is 6. The molecule has 26 heavy (non-hydrogen) atoms. The summed E-state index contributed by atoms with van der Waals surface area (Å²) in [7, 11) is 0. The summed E-state index contributed by atoms with van der Waals surface area (Å²) in [5, 5.41) is 4.22. The van der Waals surface area contributed by atoms with Crippen molar-refractivity contribution in [1.29, 1.82) is 0 Å². The van der Waals surface area contributed by atoms with Crippen molar-refractivity contribution in [3.63, 3.8) is 0 Å². The Balaban J connectivity index is 1.84. The Hall–Kier alpha value is -3.30. The lowest BCUT2D eigenvalue weighted by atomic mass is 10.3. The van der Waals surface area contributed by atoms with Crippen LogP contribution in [0.4, 0.5) is 18.9 Å². The van der Waals surface area contributed by atoms with Crippen molar-refractivity contribution in [2.45, 2.75) is 13.0 Å². The number of halogens is 3. The SMILES string of the molecule is C[C@H](NC(=O)c1ccco1)C(=O)OCC(=O)Nc1ccc(F)c(F)c1F. The number of hydrogen-bond acceptors (Lipinski definition) is 5. The molecule has 2 rings (SSSR count). The van der Waals surface area contributed by atoms with Gasteiger partial charge in [0.1, 0.15) is 6.04 Å². The summed E-state index contributed by atoms with van der Waals surface area (Å²) in [4.78, 5) is 35.1. The number of furan rings is 1. The lowest BCUT2D eigenvalue weighted by Crippen LogP contribution is -2.40. The molecule has 1 heterocycles. The third-order valence-electron chi connectivity index (χ3n) is 3.10. The number of carbonyl (C=O) groups excluding carboxylic acids is 3. The van der Waals surface area contributed by atoms with Gasteiger partial charge in [-0.15, -0.1) is 0 Å². The number of ether oxygens (including phenoxy) is 1. The maximum atomic E-state index is 13.4. The average Bonchev–Trinajstić information content (AvgIpc) is 3.15. The second kappa shape index (κ2) is 8.19. The van der Waals surface area contributed by atoms with Crippen molar-refractivity contribution in [1.82, 2.24) is 5.32 Å². The van der Waals surface area contributed by atoms with Gasteiger partial charge in [-0.1, -0.05) is 0 Å². The van der Waals surface area contributed by atoms with E-state index in [-0.39, 0.29) is 5.76 Å². The lowest BCUT2D eigenvalue weighted by Gasteiger charge is -2.13. The van der Waals surface area contributed by atoms with E-state index in [2.05, 4.69) is 10.1 Å². The predicted octanol–water partition coefficient (Wildman–Crippen LogP) is 2.00. The van der Waals surface area contributed by atoms with Crippen molar-refractivity contribution >= 4 is 23.5 Å². The molecular formula is C16H13F3N2O5. The highest BCUT2D eigenvalue weighted by molar-refractivity contribution is 5.95. The molecule has 0 fully saturated rings. The summed E-state index contributed by atoms with van der Waals surface area (Å²) < 4.78 is 48.8. The van der Waals surface area contributed by atoms with E-state index in [9.17, 15) is 27.6 Å². The van der Waals surface area contributed by atoms with Crippen LogP contribution >= 0.6 is 0 Å². The van der Waals surface area contributed by atoms with Gasteiger partial charge in [0.2, 0.25) is 0 Å². The number of amides is 2. The van der Waals surface area contributed by atoms with Crippen molar-refractivity contribution < 1.29 is 36.7 Å². The van der Waals surface area contributed by atoms with Gasteiger partial charge in [-0.25, -0.2) is 18.0 Å². The fraction of sp³-hybridized carbons (Fsp3) is 0.188. The van der Waals surface area contributed by atoms with Crippen LogP contribution in [0, 0.1) is 17.5 Å². The Morgan fingerprint density at radius 3 is 2.54 bits per heavy atom. The Labute approximate surface area is 145 Å². The van der Waals surface area contributed by atoms with Gasteiger partial charge in [-0.2, -0.15) is 0 Å². The van der Waals surface area contributed by atoms with Crippen LogP contribution in [-0.4, -0.2) is 30.4 Å². The highest BCUT2D eigenvalue weighted by atomic mass is 19.2. The van der Waals surface area contributed by atoms with E-state index in [1.165, 1.54) is 25.3 Å². The second-order valence-corrected chi connectivity index (χ2v) is 5.05. The van der Waals surface area contributed by atoms with Gasteiger partial charge in [0, 0.05) is 0 Å². The Morgan fingerprint density at radius 1 is 1.15 bits per heavy atom. The summed E-state index contributed by atoms with van der Waals surface area (Å²) in [6.45, 7) is 0.494. The van der Waals surface area contributed by atoms with Crippen LogP contribution < -0.4 is 10.6 Å². The molecule has 0 saturated carbocycles. The number of benzene rings is 1. The molecule has 0 aliphatic heterocycles. The molecule has 0 spiro atoms. The van der Waals surface area contributed by atoms with E-state index >= 15 is 0 Å². The summed E-state index contributed by atoms with van der Waals surface area (Å²) in [5.41, 5.74) is -0.607. The minimum atomic E-state index is -1.74. The van der Waals surface area contributed by atoms with Crippen LogP contribution in [0.15, 0.2) is 34.9 Å². The van der Waals surface area contributed by atoms with E-state index < -0.39 is 53.6 Å². The quantitative estimate of drug-likeness (QED) is 0.599. The molecule has 0 aliphatic rings. The molecule has 1 aromatic carbocycles. The monoisotopic (exact) mass is 370 g/mol. The minimum absolute atomic E-state index is 0.0174. The van der Waals surface area contributed by atoms with E-state index in [1.54, 1.807) is 0 Å². The molecule has 2 aromatic rings. The van der Waals surface area contributed by atoms with Crippen LogP contribution in [0.3, 0.4) is 0 Å². The first-order valence-corrected chi connectivity index (χ1v) is 7.24. The van der Waals surface area contributed by atoms with E-state index in [1.807, 2.05) is 5.32 Å². The van der Waals surface area contributed by atoms with Gasteiger partial charge < -0.3 is 19.8 Å². The van der Waals surface area contributed by atoms with Crippen molar-refractivity contribution in [2.75, 3.05) is 11.9 Å². The van der Waals surface area contributed by atoms with Gasteiger partial charge in [0.15, 0.2) is 29.8 Å². The maximum Gasteiger partial charge on any atom is 0.328 e. The van der Waals surface area contributed by atoms with Crippen LogP contribution in [0.2, 0.25) is 0 Å². The molecule has 1 atom stereocenters. The molecule has 10 heteroatoms. The standard InChI is InChI=1S/C16H13F3N2O5/c1-8(20-15(23)11-3-2-6-25-11)16(24)26-7-12(22)21-10-5-4-9(17)13(18)14(10)19/h2-6,8H,7H2,1H3,(H,20,23)(H,21,22)/t8-/m0/s1. The molecule has 7 nitrogen and oxygen atoms in total. The molecule has 1 aromatic heterocycles. The molecule has 138 valence electrons. The topological polar surface area (TPSA) is 97.6 Å². The molecular weight excluding hydrogens is 357 g/mol. The number of esters is 1. The molecule has 0 aliphatic carbocycles. The Morgan fingerprint density at radius 2 is 1.88 bits per heavy atom. The predicted molar refractivity (Wildman–Crippen MR) is 81.5 cm³/mol. The summed E-state index contributed by atoms with van der Waals surface area (Å²) in [6, 6.07) is 3.23. The van der Waals surface area contributed by atoms with E-state index in [4.69, 9.17) is 4.42 Å². The van der Waals surface area contributed by atoms with Crippen LogP contribution in [0.1, 0.15) is 17.5 Å². The first kappa shape index (κ1) is 19.0. The maximum absolute atomic E-state index is 13.4. The largest absolute Gasteiger partial charge is 0.459 e. The summed E-state index contributed by atoms with van der Waals surface area (Å²) in [5.74, 6) is -7.33. The average molecular weight is 370 g/mol. The lowest BCUT2D eigenvalue weighted by molar-refractivity contribution is -0.148. The zero-order valence-corrected chi connectivity index (χ0v) is 13.3. The third-order valence-corrected chi connectivity index (χ3v) is 3.10. The number of nitrogens with one attached hydrogen (secondary N) is 2. The fourth-order valence-corrected chi connectivity index (χ4v) is 1.80. The second-order valence-electron chi connectivity index (χ2n) is 5.05. The Bertz CT molecular complexity index is 824. The van der Waals surface area contributed by atoms with Crippen LogP contribution in [0.5, 0.6) is 0 Å². The first-order chi connectivity index (χ1) is 12.3. The van der Waals surface area contributed by atoms with Crippen molar-refractivity contribution in [2.24, 2.45) is 0 Å². The molecule has 0 bridgehead atoms. The molecule has 0 radical (unpaired) electrons. The number of carbonyl (C=O) groups is 3. The smallest absolute Gasteiger partial charge is 0.328 e. The number of anilines is 1. The molecule has 2 N–H and O–H groups in total. The first-order valence-electron chi connectivity index (χ1n) is 7.24.